The van der Waals surface area contributed by atoms with Crippen LogP contribution >= 0.6 is 0 Å². The number of methoxy groups -OCH3 is 3. The lowest BCUT2D eigenvalue weighted by atomic mass is 10.1. The predicted molar refractivity (Wildman–Crippen MR) is 107 cm³/mol. The third kappa shape index (κ3) is 4.22. The van der Waals surface area contributed by atoms with E-state index in [1.54, 1.807) is 27.4 Å². The molecule has 0 N–H and O–H groups in total. The number of rotatable bonds is 6. The lowest BCUT2D eigenvalue weighted by Crippen LogP contribution is -2.24. The molecule has 0 aliphatic carbocycles. The molecule has 0 atom stereocenters. The second kappa shape index (κ2) is 9.18. The van der Waals surface area contributed by atoms with Crippen molar-refractivity contribution in [2.75, 3.05) is 39.3 Å². The van der Waals surface area contributed by atoms with Gasteiger partial charge in [0.05, 0.1) is 21.3 Å². The highest BCUT2D eigenvalue weighted by molar-refractivity contribution is 5.71. The Morgan fingerprint density at radius 1 is 1.00 bits per heavy atom. The summed E-state index contributed by atoms with van der Waals surface area (Å²) in [6.45, 7) is 1.78. The van der Waals surface area contributed by atoms with Crippen LogP contribution in [0.3, 0.4) is 0 Å². The molecule has 1 aromatic carbocycles. The summed E-state index contributed by atoms with van der Waals surface area (Å²) in [4.78, 5) is 6.45. The summed E-state index contributed by atoms with van der Waals surface area (Å²) in [5.74, 6) is 2.63. The monoisotopic (exact) mass is 383 g/mol. The van der Waals surface area contributed by atoms with E-state index in [1.165, 1.54) is 12.8 Å². The number of anilines is 1. The second-order valence-electron chi connectivity index (χ2n) is 6.51. The number of hydrogen-bond acceptors (Lipinski definition) is 7. The van der Waals surface area contributed by atoms with Crippen LogP contribution in [0.4, 0.5) is 5.88 Å². The summed E-state index contributed by atoms with van der Waals surface area (Å²) in [5.41, 5.74) is 1.16. The molecule has 0 spiro atoms. The molecule has 7 heteroatoms. The fraction of sp³-hybridized carbons (Fsp3) is 0.429. The molecular weight excluding hydrogens is 358 g/mol. The van der Waals surface area contributed by atoms with Gasteiger partial charge in [-0.1, -0.05) is 12.8 Å². The van der Waals surface area contributed by atoms with Gasteiger partial charge in [0, 0.05) is 19.2 Å². The first kappa shape index (κ1) is 19.6. The maximum absolute atomic E-state index is 9.44. The van der Waals surface area contributed by atoms with Gasteiger partial charge in [-0.15, -0.1) is 0 Å². The van der Waals surface area contributed by atoms with Crippen molar-refractivity contribution in [1.82, 2.24) is 4.98 Å². The normalized spacial score (nSPS) is 14.6. The topological polar surface area (TPSA) is 80.8 Å². The van der Waals surface area contributed by atoms with Crippen molar-refractivity contribution in [3.63, 3.8) is 0 Å². The molecule has 0 saturated carbocycles. The minimum absolute atomic E-state index is 0.325. The van der Waals surface area contributed by atoms with Gasteiger partial charge in [-0.05, 0) is 36.6 Å². The van der Waals surface area contributed by atoms with Crippen LogP contribution in [0.5, 0.6) is 17.2 Å². The fourth-order valence-corrected chi connectivity index (χ4v) is 3.33. The Labute approximate surface area is 165 Å². The van der Waals surface area contributed by atoms with Gasteiger partial charge in [-0.25, -0.2) is 0 Å². The van der Waals surface area contributed by atoms with Crippen LogP contribution in [0.15, 0.2) is 16.5 Å². The summed E-state index contributed by atoms with van der Waals surface area (Å²) < 4.78 is 22.0. The largest absolute Gasteiger partial charge is 0.493 e. The molecule has 0 radical (unpaired) electrons. The van der Waals surface area contributed by atoms with Crippen LogP contribution in [-0.4, -0.2) is 39.4 Å². The van der Waals surface area contributed by atoms with Crippen molar-refractivity contribution < 1.29 is 18.6 Å². The SMILES string of the molecule is COc1cc(C=Cc2nc(C#N)c(N3CCCCCC3)o2)cc(OC)c1OC. The zero-order valence-corrected chi connectivity index (χ0v) is 16.5. The average molecular weight is 383 g/mol. The molecular formula is C21H25N3O4. The molecule has 1 aliphatic heterocycles. The highest BCUT2D eigenvalue weighted by atomic mass is 16.5. The highest BCUT2D eigenvalue weighted by Gasteiger charge is 2.20. The van der Waals surface area contributed by atoms with E-state index >= 15 is 0 Å². The number of oxazole rings is 1. The Hall–Kier alpha value is -3.14. The molecule has 1 aliphatic rings. The standard InChI is InChI=1S/C21H25N3O4/c1-25-17-12-15(13-18(26-2)20(17)27-3)8-9-19-23-16(14-22)21(28-19)24-10-6-4-5-7-11-24/h8-9,12-13H,4-7,10-11H2,1-3H3. The van der Waals surface area contributed by atoms with E-state index in [-0.39, 0.29) is 0 Å². The lowest BCUT2D eigenvalue weighted by Gasteiger charge is -2.18. The minimum Gasteiger partial charge on any atom is -0.493 e. The first-order valence-corrected chi connectivity index (χ1v) is 9.34. The Balaban J connectivity index is 1.87. The maximum Gasteiger partial charge on any atom is 0.235 e. The zero-order chi connectivity index (χ0) is 19.9. The van der Waals surface area contributed by atoms with Gasteiger partial charge in [-0.2, -0.15) is 10.2 Å². The van der Waals surface area contributed by atoms with E-state index in [1.807, 2.05) is 18.2 Å². The number of ether oxygens (including phenoxy) is 3. The average Bonchev–Trinajstić information content (AvgIpc) is 2.95. The third-order valence-corrected chi connectivity index (χ3v) is 4.73. The van der Waals surface area contributed by atoms with Crippen LogP contribution in [0, 0.1) is 11.3 Å². The van der Waals surface area contributed by atoms with Crippen LogP contribution in [0.2, 0.25) is 0 Å². The molecule has 148 valence electrons. The fourth-order valence-electron chi connectivity index (χ4n) is 3.33. The summed E-state index contributed by atoms with van der Waals surface area (Å²) >= 11 is 0. The van der Waals surface area contributed by atoms with E-state index in [2.05, 4.69) is 16.0 Å². The predicted octanol–water partition coefficient (Wildman–Crippen LogP) is 4.12. The van der Waals surface area contributed by atoms with Crippen molar-refractivity contribution in [2.24, 2.45) is 0 Å². The first-order chi connectivity index (χ1) is 13.7. The third-order valence-electron chi connectivity index (χ3n) is 4.73. The Kier molecular flexibility index (Phi) is 6.43. The van der Waals surface area contributed by atoms with E-state index in [9.17, 15) is 5.26 Å². The molecule has 2 heterocycles. The Morgan fingerprint density at radius 3 is 2.18 bits per heavy atom. The summed E-state index contributed by atoms with van der Waals surface area (Å²) in [6.07, 6.45) is 8.19. The van der Waals surface area contributed by atoms with Crippen LogP contribution in [-0.2, 0) is 0 Å². The molecule has 0 amide bonds. The zero-order valence-electron chi connectivity index (χ0n) is 16.5. The number of benzene rings is 1. The summed E-state index contributed by atoms with van der Waals surface area (Å²) in [5, 5.41) is 9.44. The van der Waals surface area contributed by atoms with E-state index in [0.29, 0.717) is 34.7 Å². The number of nitriles is 1. The van der Waals surface area contributed by atoms with E-state index < -0.39 is 0 Å². The van der Waals surface area contributed by atoms with Crippen molar-refractivity contribution >= 4 is 18.0 Å². The Bertz CT molecular complexity index is 849. The van der Waals surface area contributed by atoms with Gasteiger partial charge < -0.3 is 23.5 Å². The smallest absolute Gasteiger partial charge is 0.235 e. The van der Waals surface area contributed by atoms with E-state index in [4.69, 9.17) is 18.6 Å². The Morgan fingerprint density at radius 2 is 1.64 bits per heavy atom. The molecule has 0 unspecified atom stereocenters. The number of nitrogens with zero attached hydrogens (tertiary/aromatic N) is 3. The highest BCUT2D eigenvalue weighted by Crippen LogP contribution is 2.38. The van der Waals surface area contributed by atoms with Crippen LogP contribution in [0.1, 0.15) is 42.8 Å². The number of hydrogen-bond donors (Lipinski definition) is 0. The molecule has 28 heavy (non-hydrogen) atoms. The van der Waals surface area contributed by atoms with Gasteiger partial charge in [0.25, 0.3) is 0 Å². The van der Waals surface area contributed by atoms with Gasteiger partial charge in [0.1, 0.15) is 6.07 Å². The van der Waals surface area contributed by atoms with Crippen molar-refractivity contribution in [3.8, 4) is 23.3 Å². The molecule has 1 saturated heterocycles. The molecule has 1 fully saturated rings. The van der Waals surface area contributed by atoms with Crippen LogP contribution in [0.25, 0.3) is 12.2 Å². The van der Waals surface area contributed by atoms with Crippen molar-refractivity contribution in [2.45, 2.75) is 25.7 Å². The van der Waals surface area contributed by atoms with Crippen molar-refractivity contribution in [1.29, 1.82) is 5.26 Å². The molecule has 7 nitrogen and oxygen atoms in total. The summed E-state index contributed by atoms with van der Waals surface area (Å²) in [7, 11) is 4.72. The number of aromatic nitrogens is 1. The molecule has 0 bridgehead atoms. The van der Waals surface area contributed by atoms with Crippen LogP contribution < -0.4 is 19.1 Å². The quantitative estimate of drug-likeness (QED) is 0.742. The first-order valence-electron chi connectivity index (χ1n) is 9.34. The molecule has 1 aromatic heterocycles. The molecule has 3 rings (SSSR count). The van der Waals surface area contributed by atoms with Gasteiger partial charge in [0.15, 0.2) is 11.5 Å². The van der Waals surface area contributed by atoms with Gasteiger partial charge in [0.2, 0.25) is 23.2 Å². The van der Waals surface area contributed by atoms with Crippen molar-refractivity contribution in [3.05, 3.63) is 29.3 Å². The minimum atomic E-state index is 0.325. The molecule has 2 aromatic rings. The second-order valence-corrected chi connectivity index (χ2v) is 6.51. The summed E-state index contributed by atoms with van der Waals surface area (Å²) in [6, 6.07) is 5.82. The lowest BCUT2D eigenvalue weighted by molar-refractivity contribution is 0.324. The maximum atomic E-state index is 9.44. The van der Waals surface area contributed by atoms with Gasteiger partial charge in [-0.3, -0.25) is 0 Å². The van der Waals surface area contributed by atoms with E-state index in [0.717, 1.165) is 31.5 Å². The van der Waals surface area contributed by atoms with Gasteiger partial charge >= 0.3 is 0 Å².